The Balaban J connectivity index is 1.55. The third kappa shape index (κ3) is 3.34. The number of hydrogen-bond donors (Lipinski definition) is 2. The average Bonchev–Trinajstić information content (AvgIpc) is 3.30. The van der Waals surface area contributed by atoms with Crippen molar-refractivity contribution in [2.24, 2.45) is 0 Å². The number of aromatic nitrogens is 2. The Morgan fingerprint density at radius 1 is 1.41 bits per heavy atom. The van der Waals surface area contributed by atoms with E-state index >= 15 is 0 Å². The minimum atomic E-state index is -1.09. The molecule has 0 spiro atoms. The number of carbonyl (C=O) groups is 1. The fourth-order valence-corrected chi connectivity index (χ4v) is 3.71. The lowest BCUT2D eigenvalue weighted by molar-refractivity contribution is -0.138. The second-order valence-corrected chi connectivity index (χ2v) is 6.97. The molecule has 27 heavy (non-hydrogen) atoms. The van der Waals surface area contributed by atoms with Crippen LogP contribution in [-0.2, 0) is 9.53 Å². The first-order chi connectivity index (χ1) is 13.1. The molecule has 0 aliphatic carbocycles. The van der Waals surface area contributed by atoms with E-state index in [0.29, 0.717) is 25.3 Å². The predicted octanol–water partition coefficient (Wildman–Crippen LogP) is 0.226. The van der Waals surface area contributed by atoms with E-state index in [-0.39, 0.29) is 18.6 Å². The molecule has 2 aliphatic rings. The summed E-state index contributed by atoms with van der Waals surface area (Å²) >= 11 is 0. The molecule has 1 amide bonds. The molecule has 4 rings (SSSR count). The lowest BCUT2D eigenvalue weighted by Gasteiger charge is -2.38. The highest BCUT2D eigenvalue weighted by atomic mass is 19.1. The van der Waals surface area contributed by atoms with Crippen molar-refractivity contribution in [1.82, 2.24) is 20.2 Å². The van der Waals surface area contributed by atoms with E-state index in [4.69, 9.17) is 4.74 Å². The van der Waals surface area contributed by atoms with Crippen LogP contribution < -0.4 is 15.5 Å². The number of nitrogens with one attached hydrogen (secondary N) is 2. The maximum Gasteiger partial charge on any atom is 0.251 e. The van der Waals surface area contributed by atoms with Crippen molar-refractivity contribution >= 4 is 17.1 Å². The summed E-state index contributed by atoms with van der Waals surface area (Å²) in [5.74, 6) is -0.305. The minimum Gasteiger partial charge on any atom is -0.364 e. The third-order valence-electron chi connectivity index (χ3n) is 5.01. The van der Waals surface area contributed by atoms with Crippen molar-refractivity contribution in [3.05, 3.63) is 30.1 Å². The van der Waals surface area contributed by atoms with Crippen molar-refractivity contribution in [1.29, 1.82) is 5.26 Å². The van der Waals surface area contributed by atoms with E-state index in [0.717, 1.165) is 11.2 Å². The third-order valence-corrected chi connectivity index (χ3v) is 5.01. The number of pyridine rings is 1. The number of alkyl halides is 1. The predicted molar refractivity (Wildman–Crippen MR) is 96.2 cm³/mol. The molecule has 0 aromatic carbocycles. The summed E-state index contributed by atoms with van der Waals surface area (Å²) in [6, 6.07) is 7.00. The first-order valence-electron chi connectivity index (χ1n) is 8.99. The molecule has 9 heteroatoms. The summed E-state index contributed by atoms with van der Waals surface area (Å²) in [5, 5.41) is 19.1. The zero-order valence-corrected chi connectivity index (χ0v) is 14.9. The largest absolute Gasteiger partial charge is 0.364 e. The highest BCUT2D eigenvalue weighted by Gasteiger charge is 2.35. The van der Waals surface area contributed by atoms with Gasteiger partial charge in [-0.3, -0.25) is 4.79 Å². The lowest BCUT2D eigenvalue weighted by Crippen LogP contribution is -2.55. The number of amides is 1. The first kappa shape index (κ1) is 17.7. The topological polar surface area (TPSA) is 94.7 Å². The van der Waals surface area contributed by atoms with Gasteiger partial charge in [0.15, 0.2) is 6.10 Å². The molecule has 0 radical (unpaired) electrons. The summed E-state index contributed by atoms with van der Waals surface area (Å²) in [7, 11) is 0. The summed E-state index contributed by atoms with van der Waals surface area (Å²) in [5.41, 5.74) is 2.12. The molecule has 8 nitrogen and oxygen atoms in total. The van der Waals surface area contributed by atoms with Gasteiger partial charge in [0.2, 0.25) is 0 Å². The van der Waals surface area contributed by atoms with Crippen molar-refractivity contribution in [3.8, 4) is 6.07 Å². The van der Waals surface area contributed by atoms with Crippen LogP contribution in [-0.4, -0.2) is 66.1 Å². The zero-order chi connectivity index (χ0) is 19.0. The number of carbonyl (C=O) groups excluding carboxylic acids is 1. The number of hydrogen-bond acceptors (Lipinski definition) is 6. The first-order valence-corrected chi connectivity index (χ1v) is 8.99. The summed E-state index contributed by atoms with van der Waals surface area (Å²) in [6.45, 7) is 3.53. The van der Waals surface area contributed by atoms with Gasteiger partial charge in [-0.1, -0.05) is 0 Å². The van der Waals surface area contributed by atoms with Gasteiger partial charge < -0.3 is 20.3 Å². The zero-order valence-electron chi connectivity index (χ0n) is 14.9. The van der Waals surface area contributed by atoms with Gasteiger partial charge in [-0.2, -0.15) is 10.4 Å². The molecule has 2 N–H and O–H groups in total. The van der Waals surface area contributed by atoms with Crippen molar-refractivity contribution in [3.63, 3.8) is 0 Å². The molecular formula is C18H21FN6O2. The van der Waals surface area contributed by atoms with E-state index < -0.39 is 18.3 Å². The van der Waals surface area contributed by atoms with Crippen LogP contribution in [0.15, 0.2) is 24.4 Å². The Bertz CT molecular complexity index is 894. The van der Waals surface area contributed by atoms with E-state index in [2.05, 4.69) is 26.7 Å². The van der Waals surface area contributed by atoms with Gasteiger partial charge in [0.05, 0.1) is 36.1 Å². The number of nitriles is 1. The van der Waals surface area contributed by atoms with E-state index in [9.17, 15) is 14.4 Å². The summed E-state index contributed by atoms with van der Waals surface area (Å²) in [6.07, 6.45) is -0.311. The molecule has 2 fully saturated rings. The number of halogens is 1. The molecule has 2 aliphatic heterocycles. The van der Waals surface area contributed by atoms with Crippen molar-refractivity contribution in [2.45, 2.75) is 31.3 Å². The van der Waals surface area contributed by atoms with E-state index in [1.165, 1.54) is 0 Å². The molecular weight excluding hydrogens is 351 g/mol. The normalized spacial score (nSPS) is 28.3. The van der Waals surface area contributed by atoms with Crippen LogP contribution >= 0.6 is 0 Å². The quantitative estimate of drug-likeness (QED) is 0.801. The number of nitrogens with zero attached hydrogens (tertiary/aromatic N) is 4. The van der Waals surface area contributed by atoms with Crippen LogP contribution in [0.1, 0.15) is 12.6 Å². The molecule has 0 unspecified atom stereocenters. The molecule has 2 saturated heterocycles. The maximum absolute atomic E-state index is 13.8. The smallest absolute Gasteiger partial charge is 0.251 e. The fraction of sp³-hybridized carbons (Fsp3) is 0.500. The van der Waals surface area contributed by atoms with Crippen LogP contribution in [0.3, 0.4) is 0 Å². The summed E-state index contributed by atoms with van der Waals surface area (Å²) < 4.78 is 21.2. The van der Waals surface area contributed by atoms with Crippen LogP contribution in [0, 0.1) is 11.3 Å². The summed E-state index contributed by atoms with van der Waals surface area (Å²) in [4.78, 5) is 14.7. The Hall–Kier alpha value is -2.70. The Kier molecular flexibility index (Phi) is 4.68. The molecule has 2 aromatic heterocycles. The molecule has 0 saturated carbocycles. The number of anilines is 1. The van der Waals surface area contributed by atoms with Gasteiger partial charge in [0.1, 0.15) is 17.9 Å². The molecule has 2 aromatic rings. The number of ether oxygens (including phenoxy) is 1. The SMILES string of the molecule is C[C@@H]1CN(c2ccc(C#N)n3nccc23)C[C@H](C(=O)N[C@@H]2CNC[C@@H]2F)O1. The van der Waals surface area contributed by atoms with Crippen LogP contribution in [0.4, 0.5) is 10.1 Å². The highest BCUT2D eigenvalue weighted by molar-refractivity contribution is 5.83. The van der Waals surface area contributed by atoms with Crippen molar-refractivity contribution in [2.75, 3.05) is 31.1 Å². The van der Waals surface area contributed by atoms with Gasteiger partial charge >= 0.3 is 0 Å². The molecule has 4 atom stereocenters. The van der Waals surface area contributed by atoms with Gasteiger partial charge in [0.25, 0.3) is 5.91 Å². The van der Waals surface area contributed by atoms with Crippen molar-refractivity contribution < 1.29 is 13.9 Å². The van der Waals surface area contributed by atoms with E-state index in [1.807, 2.05) is 19.1 Å². The molecule has 142 valence electrons. The highest BCUT2D eigenvalue weighted by Crippen LogP contribution is 2.26. The standard InChI is InChI=1S/C18H21FN6O2/c1-11-9-24(15-3-2-12(6-20)25-16(15)4-5-22-25)10-17(27-11)18(26)23-14-8-21-7-13(14)19/h2-5,11,13-14,17,21H,7-10H2,1H3,(H,23,26)/t11-,13+,14-,17-/m1/s1. The Morgan fingerprint density at radius 2 is 2.26 bits per heavy atom. The van der Waals surface area contributed by atoms with Crippen LogP contribution in [0.25, 0.3) is 5.52 Å². The fourth-order valence-electron chi connectivity index (χ4n) is 3.71. The van der Waals surface area contributed by atoms with E-state index in [1.54, 1.807) is 16.8 Å². The maximum atomic E-state index is 13.8. The van der Waals surface area contributed by atoms with Gasteiger partial charge in [-0.15, -0.1) is 0 Å². The molecule has 4 heterocycles. The Morgan fingerprint density at radius 3 is 3.00 bits per heavy atom. The second-order valence-electron chi connectivity index (χ2n) is 6.97. The number of morpholine rings is 1. The molecule has 0 bridgehead atoms. The van der Waals surface area contributed by atoms with Gasteiger partial charge in [-0.05, 0) is 25.1 Å². The number of rotatable bonds is 3. The monoisotopic (exact) mass is 372 g/mol. The van der Waals surface area contributed by atoms with Gasteiger partial charge in [-0.25, -0.2) is 8.91 Å². The average molecular weight is 372 g/mol. The van der Waals surface area contributed by atoms with Gasteiger partial charge in [0, 0.05) is 19.6 Å². The number of fused-ring (bicyclic) bond motifs is 1. The second kappa shape index (κ2) is 7.13. The minimum absolute atomic E-state index is 0.170. The Labute approximate surface area is 155 Å². The van der Waals surface area contributed by atoms with Crippen LogP contribution in [0.2, 0.25) is 0 Å². The van der Waals surface area contributed by atoms with Crippen LogP contribution in [0.5, 0.6) is 0 Å². The lowest BCUT2D eigenvalue weighted by atomic mass is 10.1.